The van der Waals surface area contributed by atoms with E-state index in [9.17, 15) is 9.59 Å². The summed E-state index contributed by atoms with van der Waals surface area (Å²) in [5.41, 5.74) is 6.07. The number of carbonyl (C=O) groups is 2. The highest BCUT2D eigenvalue weighted by atomic mass is 32.2. The molecule has 0 aromatic heterocycles. The molecule has 0 aliphatic heterocycles. The zero-order valence-electron chi connectivity index (χ0n) is 11.0. The standard InChI is InChI=1S/C13H18N2O3S/c1-3-15(4-2)11(16)8-19-10-7-5-6-9(12(10)14)13(17)18/h5-7H,3-4,8,14H2,1-2H3,(H,17,18). The fourth-order valence-corrected chi connectivity index (χ4v) is 2.57. The number of hydrogen-bond acceptors (Lipinski definition) is 4. The molecule has 5 nitrogen and oxygen atoms in total. The third kappa shape index (κ3) is 3.89. The molecule has 0 saturated heterocycles. The predicted octanol–water partition coefficient (Wildman–Crippen LogP) is 1.93. The summed E-state index contributed by atoms with van der Waals surface area (Å²) in [6.07, 6.45) is 0. The van der Waals surface area contributed by atoms with Gasteiger partial charge in [0.15, 0.2) is 0 Å². The minimum absolute atomic E-state index is 0.0233. The lowest BCUT2D eigenvalue weighted by molar-refractivity contribution is -0.127. The van der Waals surface area contributed by atoms with Crippen LogP contribution < -0.4 is 5.73 Å². The molecule has 6 heteroatoms. The van der Waals surface area contributed by atoms with Gasteiger partial charge in [0.25, 0.3) is 0 Å². The first-order valence-corrected chi connectivity index (χ1v) is 7.02. The number of anilines is 1. The number of para-hydroxylation sites is 1. The van der Waals surface area contributed by atoms with Gasteiger partial charge in [-0.2, -0.15) is 0 Å². The first kappa shape index (κ1) is 15.4. The molecule has 0 bridgehead atoms. The van der Waals surface area contributed by atoms with Crippen LogP contribution in [0.4, 0.5) is 5.69 Å². The highest BCUT2D eigenvalue weighted by Crippen LogP contribution is 2.28. The molecule has 0 spiro atoms. The number of amides is 1. The Bertz CT molecular complexity index is 473. The number of carboxylic acid groups (broad SMARTS) is 1. The van der Waals surface area contributed by atoms with Crippen LogP contribution in [0.25, 0.3) is 0 Å². The van der Waals surface area contributed by atoms with Crippen LogP contribution in [-0.4, -0.2) is 40.7 Å². The van der Waals surface area contributed by atoms with Gasteiger partial charge in [-0.3, -0.25) is 4.79 Å². The molecule has 104 valence electrons. The predicted molar refractivity (Wildman–Crippen MR) is 76.5 cm³/mol. The van der Waals surface area contributed by atoms with Crippen molar-refractivity contribution < 1.29 is 14.7 Å². The van der Waals surface area contributed by atoms with E-state index < -0.39 is 5.97 Å². The lowest BCUT2D eigenvalue weighted by atomic mass is 10.2. The number of nitrogens with two attached hydrogens (primary N) is 1. The highest BCUT2D eigenvalue weighted by molar-refractivity contribution is 8.00. The monoisotopic (exact) mass is 282 g/mol. The molecular weight excluding hydrogens is 264 g/mol. The molecule has 1 amide bonds. The quantitative estimate of drug-likeness (QED) is 0.615. The van der Waals surface area contributed by atoms with Gasteiger partial charge in [0.05, 0.1) is 17.0 Å². The van der Waals surface area contributed by atoms with Gasteiger partial charge in [0.1, 0.15) is 0 Å². The summed E-state index contributed by atoms with van der Waals surface area (Å²) in [4.78, 5) is 25.2. The van der Waals surface area contributed by atoms with Gasteiger partial charge in [0.2, 0.25) is 5.91 Å². The average molecular weight is 282 g/mol. The second-order valence-corrected chi connectivity index (χ2v) is 4.89. The van der Waals surface area contributed by atoms with Gasteiger partial charge in [-0.25, -0.2) is 4.79 Å². The van der Waals surface area contributed by atoms with Crippen molar-refractivity contribution in [2.75, 3.05) is 24.6 Å². The minimum Gasteiger partial charge on any atom is -0.478 e. The third-order valence-corrected chi connectivity index (χ3v) is 3.82. The van der Waals surface area contributed by atoms with Gasteiger partial charge in [-0.05, 0) is 26.0 Å². The van der Waals surface area contributed by atoms with Crippen LogP contribution in [0.5, 0.6) is 0 Å². The molecule has 0 radical (unpaired) electrons. The summed E-state index contributed by atoms with van der Waals surface area (Å²) in [6, 6.07) is 4.81. The zero-order chi connectivity index (χ0) is 14.4. The molecule has 0 aliphatic carbocycles. The molecule has 1 aromatic carbocycles. The molecule has 0 unspecified atom stereocenters. The Hall–Kier alpha value is -1.69. The molecule has 19 heavy (non-hydrogen) atoms. The van der Waals surface area contributed by atoms with Gasteiger partial charge < -0.3 is 15.7 Å². The van der Waals surface area contributed by atoms with E-state index in [0.717, 1.165) is 0 Å². The van der Waals surface area contributed by atoms with Crippen molar-refractivity contribution in [1.29, 1.82) is 0 Å². The molecule has 0 heterocycles. The Morgan fingerprint density at radius 2 is 1.95 bits per heavy atom. The molecular formula is C13H18N2O3S. The summed E-state index contributed by atoms with van der Waals surface area (Å²) in [6.45, 7) is 5.18. The van der Waals surface area contributed by atoms with Crippen molar-refractivity contribution in [3.05, 3.63) is 23.8 Å². The van der Waals surface area contributed by atoms with E-state index >= 15 is 0 Å². The molecule has 1 aromatic rings. The number of thioether (sulfide) groups is 1. The van der Waals surface area contributed by atoms with Crippen LogP contribution in [0.1, 0.15) is 24.2 Å². The SMILES string of the molecule is CCN(CC)C(=O)CSc1cccc(C(=O)O)c1N. The van der Waals surface area contributed by atoms with Gasteiger partial charge in [0, 0.05) is 18.0 Å². The molecule has 3 N–H and O–H groups in total. The van der Waals surface area contributed by atoms with Crippen LogP contribution in [0.2, 0.25) is 0 Å². The summed E-state index contributed by atoms with van der Waals surface area (Å²) < 4.78 is 0. The van der Waals surface area contributed by atoms with Crippen molar-refractivity contribution in [2.45, 2.75) is 18.7 Å². The second-order valence-electron chi connectivity index (χ2n) is 3.88. The number of aromatic carboxylic acids is 1. The summed E-state index contributed by atoms with van der Waals surface area (Å²) in [5, 5.41) is 8.97. The lowest BCUT2D eigenvalue weighted by Gasteiger charge is -2.18. The second kappa shape index (κ2) is 7.04. The zero-order valence-corrected chi connectivity index (χ0v) is 11.9. The van der Waals surface area contributed by atoms with Crippen LogP contribution in [-0.2, 0) is 4.79 Å². The number of nitrogen functional groups attached to an aromatic ring is 1. The largest absolute Gasteiger partial charge is 0.478 e. The van der Waals surface area contributed by atoms with Crippen molar-refractivity contribution in [3.63, 3.8) is 0 Å². The number of nitrogens with zero attached hydrogens (tertiary/aromatic N) is 1. The Morgan fingerprint density at radius 1 is 1.32 bits per heavy atom. The maximum atomic E-state index is 11.9. The Kier molecular flexibility index (Phi) is 5.69. The van der Waals surface area contributed by atoms with Crippen molar-refractivity contribution in [2.24, 2.45) is 0 Å². The van der Waals surface area contributed by atoms with E-state index in [-0.39, 0.29) is 22.9 Å². The molecule has 0 saturated carbocycles. The fourth-order valence-electron chi connectivity index (χ4n) is 1.66. The van der Waals surface area contributed by atoms with E-state index in [2.05, 4.69) is 0 Å². The minimum atomic E-state index is -1.06. The number of carbonyl (C=O) groups excluding carboxylic acids is 1. The van der Waals surface area contributed by atoms with E-state index in [1.54, 1.807) is 17.0 Å². The number of carboxylic acids is 1. The van der Waals surface area contributed by atoms with Gasteiger partial charge in [-0.1, -0.05) is 6.07 Å². The normalized spacial score (nSPS) is 10.2. The Morgan fingerprint density at radius 3 is 2.47 bits per heavy atom. The van der Waals surface area contributed by atoms with E-state index in [4.69, 9.17) is 10.8 Å². The van der Waals surface area contributed by atoms with E-state index in [1.807, 2.05) is 13.8 Å². The Balaban J connectivity index is 2.76. The number of rotatable bonds is 6. The van der Waals surface area contributed by atoms with Gasteiger partial charge >= 0.3 is 5.97 Å². The van der Waals surface area contributed by atoms with Crippen molar-refractivity contribution in [1.82, 2.24) is 4.90 Å². The summed E-state index contributed by atoms with van der Waals surface area (Å²) in [5.74, 6) is -0.778. The Labute approximate surface area is 116 Å². The van der Waals surface area contributed by atoms with Crippen LogP contribution in [0.3, 0.4) is 0 Å². The third-order valence-electron chi connectivity index (χ3n) is 2.76. The van der Waals surface area contributed by atoms with Gasteiger partial charge in [-0.15, -0.1) is 11.8 Å². The fraction of sp³-hybridized carbons (Fsp3) is 0.385. The van der Waals surface area contributed by atoms with Crippen molar-refractivity contribution in [3.8, 4) is 0 Å². The van der Waals surface area contributed by atoms with Crippen molar-refractivity contribution >= 4 is 29.3 Å². The van der Waals surface area contributed by atoms with Crippen LogP contribution in [0, 0.1) is 0 Å². The lowest BCUT2D eigenvalue weighted by Crippen LogP contribution is -2.31. The van der Waals surface area contributed by atoms with Crippen LogP contribution >= 0.6 is 11.8 Å². The average Bonchev–Trinajstić information content (AvgIpc) is 2.38. The summed E-state index contributed by atoms with van der Waals surface area (Å²) in [7, 11) is 0. The smallest absolute Gasteiger partial charge is 0.337 e. The molecule has 0 atom stereocenters. The first-order valence-electron chi connectivity index (χ1n) is 6.03. The molecule has 0 fully saturated rings. The highest BCUT2D eigenvalue weighted by Gasteiger charge is 2.14. The molecule has 0 aliphatic rings. The topological polar surface area (TPSA) is 83.6 Å². The summed E-state index contributed by atoms with van der Waals surface area (Å²) >= 11 is 1.27. The number of hydrogen-bond donors (Lipinski definition) is 2. The molecule has 1 rings (SSSR count). The van der Waals surface area contributed by atoms with E-state index in [1.165, 1.54) is 17.8 Å². The maximum absolute atomic E-state index is 11.9. The first-order chi connectivity index (χ1) is 9.01. The maximum Gasteiger partial charge on any atom is 0.337 e. The van der Waals surface area contributed by atoms with E-state index in [0.29, 0.717) is 18.0 Å². The van der Waals surface area contributed by atoms with Crippen LogP contribution in [0.15, 0.2) is 23.1 Å². The number of benzene rings is 1.